The molecule has 0 aliphatic carbocycles. The molecule has 0 spiro atoms. The molecule has 0 fully saturated rings. The summed E-state index contributed by atoms with van der Waals surface area (Å²) in [5, 5.41) is 7.68. The van der Waals surface area contributed by atoms with E-state index in [4.69, 9.17) is 4.74 Å². The van der Waals surface area contributed by atoms with Gasteiger partial charge in [0, 0.05) is 30.8 Å². The van der Waals surface area contributed by atoms with Gasteiger partial charge in [-0.1, -0.05) is 12.1 Å². The van der Waals surface area contributed by atoms with Crippen molar-refractivity contribution in [3.05, 3.63) is 42.0 Å². The van der Waals surface area contributed by atoms with Crippen molar-refractivity contribution >= 4 is 41.2 Å². The summed E-state index contributed by atoms with van der Waals surface area (Å²) in [4.78, 5) is 72.7. The van der Waals surface area contributed by atoms with Crippen LogP contribution in [0, 0.1) is 5.41 Å². The fourth-order valence-electron chi connectivity index (χ4n) is 2.95. The Morgan fingerprint density at radius 3 is 2.00 bits per heavy atom. The van der Waals surface area contributed by atoms with Crippen LogP contribution in [0.3, 0.4) is 0 Å². The number of imide groups is 1. The number of hydrogen-bond acceptors (Lipinski definition) is 7. The van der Waals surface area contributed by atoms with E-state index in [1.54, 1.807) is 45.0 Å². The summed E-state index contributed by atoms with van der Waals surface area (Å²) >= 11 is 0. The van der Waals surface area contributed by atoms with Crippen LogP contribution in [0.5, 0.6) is 0 Å². The number of hydrogen-bond donors (Lipinski definition) is 3. The number of nitrogens with zero attached hydrogens (tertiary/aromatic N) is 1. The molecule has 0 aromatic heterocycles. The van der Waals surface area contributed by atoms with E-state index in [-0.39, 0.29) is 25.5 Å². The van der Waals surface area contributed by atoms with Crippen molar-refractivity contribution in [2.24, 2.45) is 5.41 Å². The second-order valence-electron chi connectivity index (χ2n) is 9.44. The van der Waals surface area contributed by atoms with Crippen LogP contribution in [0.4, 0.5) is 5.69 Å². The lowest BCUT2D eigenvalue weighted by atomic mass is 9.97. The topological polar surface area (TPSA) is 151 Å². The minimum atomic E-state index is -0.939. The van der Waals surface area contributed by atoms with Crippen molar-refractivity contribution < 1.29 is 33.5 Å². The summed E-state index contributed by atoms with van der Waals surface area (Å²) in [6, 6.07) is 4.90. The number of amides is 5. The maximum atomic E-state index is 12.5. The molecular weight excluding hydrogens is 468 g/mol. The predicted octanol–water partition coefficient (Wildman–Crippen LogP) is 1.04. The second-order valence-corrected chi connectivity index (χ2v) is 9.44. The van der Waals surface area contributed by atoms with Crippen molar-refractivity contribution in [2.45, 2.75) is 59.7 Å². The lowest BCUT2D eigenvalue weighted by molar-refractivity contribution is -0.154. The average molecular weight is 501 g/mol. The molecule has 0 unspecified atom stereocenters. The van der Waals surface area contributed by atoms with Gasteiger partial charge in [-0.05, 0) is 52.3 Å². The monoisotopic (exact) mass is 500 g/mol. The quantitative estimate of drug-likeness (QED) is 0.321. The number of carbonyl (C=O) groups is 6. The van der Waals surface area contributed by atoms with Gasteiger partial charge in [0.2, 0.25) is 17.7 Å². The molecule has 5 amide bonds. The minimum absolute atomic E-state index is 0.0958. The molecule has 1 aliphatic heterocycles. The first kappa shape index (κ1) is 28.2. The Balaban J connectivity index is 1.76. The van der Waals surface area contributed by atoms with Crippen molar-refractivity contribution in [2.75, 3.05) is 11.9 Å². The highest BCUT2D eigenvalue weighted by molar-refractivity contribution is 6.13. The van der Waals surface area contributed by atoms with Crippen LogP contribution in [0.1, 0.15) is 46.6 Å². The van der Waals surface area contributed by atoms with Gasteiger partial charge in [-0.2, -0.15) is 0 Å². The smallest absolute Gasteiger partial charge is 0.311 e. The summed E-state index contributed by atoms with van der Waals surface area (Å²) in [5.74, 6) is -2.85. The van der Waals surface area contributed by atoms with E-state index in [2.05, 4.69) is 16.0 Å². The minimum Gasteiger partial charge on any atom is -0.460 e. The normalized spacial score (nSPS) is 14.8. The van der Waals surface area contributed by atoms with Crippen molar-refractivity contribution in [3.8, 4) is 0 Å². The Morgan fingerprint density at radius 1 is 0.889 bits per heavy atom. The molecule has 0 bridgehead atoms. The van der Waals surface area contributed by atoms with Gasteiger partial charge in [0.25, 0.3) is 11.8 Å². The van der Waals surface area contributed by atoms with E-state index in [0.717, 1.165) is 22.6 Å². The lowest BCUT2D eigenvalue weighted by Crippen LogP contribution is -2.50. The van der Waals surface area contributed by atoms with Gasteiger partial charge in [-0.25, -0.2) is 0 Å². The van der Waals surface area contributed by atoms with Crippen molar-refractivity contribution in [1.29, 1.82) is 0 Å². The van der Waals surface area contributed by atoms with E-state index in [9.17, 15) is 28.8 Å². The molecule has 11 heteroatoms. The Bertz CT molecular complexity index is 1040. The molecule has 194 valence electrons. The van der Waals surface area contributed by atoms with Gasteiger partial charge >= 0.3 is 5.97 Å². The highest BCUT2D eigenvalue weighted by Crippen LogP contribution is 2.17. The third kappa shape index (κ3) is 8.33. The Morgan fingerprint density at radius 2 is 1.44 bits per heavy atom. The molecule has 2 atom stereocenters. The number of rotatable bonds is 10. The third-order valence-corrected chi connectivity index (χ3v) is 5.19. The number of esters is 1. The van der Waals surface area contributed by atoms with Crippen LogP contribution in [0.15, 0.2) is 36.4 Å². The highest BCUT2D eigenvalue weighted by atomic mass is 16.5. The van der Waals surface area contributed by atoms with E-state index in [1.807, 2.05) is 0 Å². The van der Waals surface area contributed by atoms with Crippen molar-refractivity contribution in [1.82, 2.24) is 15.5 Å². The highest BCUT2D eigenvalue weighted by Gasteiger charge is 2.25. The molecule has 11 nitrogen and oxygen atoms in total. The molecule has 0 radical (unpaired) electrons. The molecule has 0 saturated heterocycles. The molecule has 2 rings (SSSR count). The third-order valence-electron chi connectivity index (χ3n) is 5.19. The van der Waals surface area contributed by atoms with Gasteiger partial charge in [0.15, 0.2) is 0 Å². The molecule has 1 aromatic carbocycles. The van der Waals surface area contributed by atoms with Crippen LogP contribution >= 0.6 is 0 Å². The Labute approximate surface area is 209 Å². The van der Waals surface area contributed by atoms with Crippen LogP contribution in [0.2, 0.25) is 0 Å². The summed E-state index contributed by atoms with van der Waals surface area (Å²) in [6.45, 7) is 8.27. The lowest BCUT2D eigenvalue weighted by Gasteiger charge is -2.19. The van der Waals surface area contributed by atoms with E-state index < -0.39 is 47.0 Å². The maximum Gasteiger partial charge on any atom is 0.311 e. The van der Waals surface area contributed by atoms with Crippen molar-refractivity contribution in [3.63, 3.8) is 0 Å². The zero-order chi connectivity index (χ0) is 27.0. The Hall–Kier alpha value is -4.02. The Kier molecular flexibility index (Phi) is 9.48. The number of carbonyl (C=O) groups excluding carboxylic acids is 6. The fraction of sp³-hybridized carbons (Fsp3) is 0.440. The molecule has 36 heavy (non-hydrogen) atoms. The molecule has 3 N–H and O–H groups in total. The van der Waals surface area contributed by atoms with Crippen LogP contribution in [-0.4, -0.2) is 59.0 Å². The van der Waals surface area contributed by atoms with Gasteiger partial charge in [-0.3, -0.25) is 33.7 Å². The van der Waals surface area contributed by atoms with Gasteiger partial charge < -0.3 is 20.7 Å². The largest absolute Gasteiger partial charge is 0.460 e. The van der Waals surface area contributed by atoms with Gasteiger partial charge in [0.1, 0.15) is 18.7 Å². The summed E-state index contributed by atoms with van der Waals surface area (Å²) in [5.41, 5.74) is 0.654. The predicted molar refractivity (Wildman–Crippen MR) is 130 cm³/mol. The number of nitrogens with one attached hydrogen (secondary N) is 3. The number of ether oxygens (including phenoxy) is 1. The summed E-state index contributed by atoms with van der Waals surface area (Å²) in [6.07, 6.45) is 2.10. The average Bonchev–Trinajstić information content (AvgIpc) is 3.13. The fourth-order valence-corrected chi connectivity index (χ4v) is 2.95. The summed E-state index contributed by atoms with van der Waals surface area (Å²) in [7, 11) is 0. The van der Waals surface area contributed by atoms with Crippen LogP contribution in [0.25, 0.3) is 0 Å². The molecule has 1 heterocycles. The van der Waals surface area contributed by atoms with Crippen LogP contribution < -0.4 is 16.0 Å². The zero-order valence-electron chi connectivity index (χ0n) is 21.0. The molecule has 1 aliphatic rings. The first-order valence-electron chi connectivity index (χ1n) is 11.5. The molecule has 0 saturated carbocycles. The first-order chi connectivity index (χ1) is 16.8. The number of benzene rings is 1. The SMILES string of the molecule is C[C@H](NC(=O)CCN1C(=O)C=CC1=O)C(=O)N[C@@H](C)C(=O)Nc1ccc(COC(=O)C(C)(C)C)cc1. The second kappa shape index (κ2) is 12.1. The number of anilines is 1. The standard InChI is InChI=1S/C25H32N4O7/c1-15(26-19(30)12-13-29-20(31)10-11-21(29)32)22(33)27-16(2)23(34)28-18-8-6-17(7-9-18)14-36-24(35)25(3,4)5/h6-11,15-16H,12-14H2,1-5H3,(H,26,30)(H,27,33)(H,28,34)/t15-,16-/m0/s1. The van der Waals surface area contributed by atoms with Gasteiger partial charge in [-0.15, -0.1) is 0 Å². The van der Waals surface area contributed by atoms with E-state index >= 15 is 0 Å². The summed E-state index contributed by atoms with van der Waals surface area (Å²) < 4.78 is 5.26. The zero-order valence-corrected chi connectivity index (χ0v) is 21.0. The first-order valence-corrected chi connectivity index (χ1v) is 11.5. The molecule has 1 aromatic rings. The molecular formula is C25H32N4O7. The van der Waals surface area contributed by atoms with Gasteiger partial charge in [0.05, 0.1) is 5.41 Å². The van der Waals surface area contributed by atoms with E-state index in [0.29, 0.717) is 5.69 Å². The van der Waals surface area contributed by atoms with E-state index in [1.165, 1.54) is 13.8 Å². The maximum absolute atomic E-state index is 12.5. The van der Waals surface area contributed by atoms with Crippen LogP contribution in [-0.2, 0) is 40.1 Å².